The van der Waals surface area contributed by atoms with E-state index >= 15 is 0 Å². The molecule has 2 aromatic rings. The van der Waals surface area contributed by atoms with Crippen LogP contribution in [0.25, 0.3) is 6.08 Å². The van der Waals surface area contributed by atoms with E-state index in [9.17, 15) is 22.8 Å². The van der Waals surface area contributed by atoms with Gasteiger partial charge in [-0.05, 0) is 42.0 Å². The van der Waals surface area contributed by atoms with Gasteiger partial charge in [0.05, 0.1) is 10.5 Å². The molecule has 2 amide bonds. The second-order valence-electron chi connectivity index (χ2n) is 6.26. The fourth-order valence-corrected chi connectivity index (χ4v) is 4.19. The Balaban J connectivity index is 1.60. The van der Waals surface area contributed by atoms with Crippen molar-refractivity contribution in [1.29, 1.82) is 0 Å². The largest absolute Gasteiger partial charge is 0.416 e. The van der Waals surface area contributed by atoms with Crippen LogP contribution in [-0.2, 0) is 15.8 Å². The van der Waals surface area contributed by atoms with Gasteiger partial charge >= 0.3 is 6.18 Å². The van der Waals surface area contributed by atoms with E-state index < -0.39 is 17.6 Å². The molecule has 0 unspecified atom stereocenters. The van der Waals surface area contributed by atoms with Crippen molar-refractivity contribution in [1.82, 2.24) is 4.90 Å². The topological polar surface area (TPSA) is 49.4 Å². The Kier molecular flexibility index (Phi) is 6.99. The van der Waals surface area contributed by atoms with Gasteiger partial charge in [0.15, 0.2) is 0 Å². The van der Waals surface area contributed by atoms with E-state index in [4.69, 9.17) is 12.2 Å². The third kappa shape index (κ3) is 5.71. The Bertz CT molecular complexity index is 1020. The molecule has 156 valence electrons. The number of nitrogens with zero attached hydrogens (tertiary/aromatic N) is 1. The Labute approximate surface area is 188 Å². The third-order valence-corrected chi connectivity index (χ3v) is 5.98. The van der Waals surface area contributed by atoms with Crippen molar-refractivity contribution in [3.63, 3.8) is 0 Å². The van der Waals surface area contributed by atoms with Gasteiger partial charge < -0.3 is 5.32 Å². The zero-order valence-corrected chi connectivity index (χ0v) is 18.4. The van der Waals surface area contributed by atoms with Crippen LogP contribution in [0.15, 0.2) is 57.9 Å². The normalized spacial score (nSPS) is 15.7. The van der Waals surface area contributed by atoms with E-state index in [1.165, 1.54) is 17.0 Å². The first-order chi connectivity index (χ1) is 14.1. The minimum absolute atomic E-state index is 0.0349. The lowest BCUT2D eigenvalue weighted by molar-refractivity contribution is -0.137. The molecule has 0 radical (unpaired) electrons. The summed E-state index contributed by atoms with van der Waals surface area (Å²) in [6, 6.07) is 11.8. The van der Waals surface area contributed by atoms with Crippen LogP contribution in [0, 0.1) is 0 Å². The first kappa shape index (κ1) is 22.5. The summed E-state index contributed by atoms with van der Waals surface area (Å²) in [7, 11) is 0. The number of amides is 2. The number of rotatable bonds is 5. The van der Waals surface area contributed by atoms with Crippen LogP contribution in [0.4, 0.5) is 18.9 Å². The maximum absolute atomic E-state index is 12.8. The number of benzene rings is 2. The molecule has 1 aliphatic rings. The number of alkyl halides is 3. The molecule has 0 saturated carbocycles. The molecule has 2 aromatic carbocycles. The molecule has 4 nitrogen and oxygen atoms in total. The van der Waals surface area contributed by atoms with Gasteiger partial charge in [-0.3, -0.25) is 14.5 Å². The molecule has 0 atom stereocenters. The lowest BCUT2D eigenvalue weighted by Crippen LogP contribution is -2.31. The number of hydrogen-bond acceptors (Lipinski definition) is 4. The fourth-order valence-electron chi connectivity index (χ4n) is 2.61. The molecule has 0 bridgehead atoms. The van der Waals surface area contributed by atoms with Gasteiger partial charge in [0.1, 0.15) is 4.32 Å². The van der Waals surface area contributed by atoms with Crippen molar-refractivity contribution in [2.24, 2.45) is 0 Å². The van der Waals surface area contributed by atoms with Crippen LogP contribution < -0.4 is 5.32 Å². The molecule has 1 saturated heterocycles. The summed E-state index contributed by atoms with van der Waals surface area (Å²) in [5.74, 6) is -0.819. The Morgan fingerprint density at radius 2 is 1.90 bits per heavy atom. The fraction of sp³-hybridized carbons (Fsp3) is 0.150. The van der Waals surface area contributed by atoms with Gasteiger partial charge in [0.25, 0.3) is 5.91 Å². The van der Waals surface area contributed by atoms with Crippen LogP contribution in [0.5, 0.6) is 0 Å². The standard InChI is InChI=1S/C20H14BrF3N2O2S2/c21-14-6-4-12(5-7-14)10-16-18(28)26(19(29)30-16)9-8-17(27)25-15-3-1-2-13(11-15)20(22,23)24/h1-7,10-11H,8-9H2,(H,25,27)/b16-10-. The van der Waals surface area contributed by atoms with Gasteiger partial charge in [0.2, 0.25) is 5.91 Å². The van der Waals surface area contributed by atoms with Gasteiger partial charge in [-0.2, -0.15) is 13.2 Å². The number of carbonyl (C=O) groups is 2. The molecule has 1 fully saturated rings. The van der Waals surface area contributed by atoms with Crippen LogP contribution in [0.3, 0.4) is 0 Å². The highest BCUT2D eigenvalue weighted by Crippen LogP contribution is 2.33. The average molecular weight is 515 g/mol. The molecular formula is C20H14BrF3N2O2S2. The molecule has 10 heteroatoms. The molecule has 0 aromatic heterocycles. The predicted octanol–water partition coefficient (Wildman–Crippen LogP) is 5.70. The highest BCUT2D eigenvalue weighted by molar-refractivity contribution is 9.10. The highest BCUT2D eigenvalue weighted by atomic mass is 79.9. The van der Waals surface area contributed by atoms with Gasteiger partial charge in [-0.1, -0.05) is 58.1 Å². The van der Waals surface area contributed by atoms with E-state index in [0.717, 1.165) is 33.9 Å². The number of halogens is 4. The van der Waals surface area contributed by atoms with Crippen molar-refractivity contribution >= 4 is 67.8 Å². The number of thiocarbonyl (C=S) groups is 1. The first-order valence-corrected chi connectivity index (χ1v) is 10.6. The minimum Gasteiger partial charge on any atom is -0.326 e. The zero-order chi connectivity index (χ0) is 21.9. The third-order valence-electron chi connectivity index (χ3n) is 4.08. The second kappa shape index (κ2) is 9.32. The van der Waals surface area contributed by atoms with E-state index in [-0.39, 0.29) is 24.6 Å². The minimum atomic E-state index is -4.50. The van der Waals surface area contributed by atoms with Crippen molar-refractivity contribution in [3.05, 3.63) is 69.0 Å². The van der Waals surface area contributed by atoms with E-state index in [0.29, 0.717) is 9.23 Å². The van der Waals surface area contributed by atoms with E-state index in [2.05, 4.69) is 21.2 Å². The van der Waals surface area contributed by atoms with Crippen LogP contribution in [-0.4, -0.2) is 27.6 Å². The Morgan fingerprint density at radius 3 is 2.57 bits per heavy atom. The van der Waals surface area contributed by atoms with Crippen molar-refractivity contribution in [2.45, 2.75) is 12.6 Å². The van der Waals surface area contributed by atoms with Crippen LogP contribution in [0.1, 0.15) is 17.5 Å². The Hall–Kier alpha value is -2.17. The number of nitrogens with one attached hydrogen (secondary N) is 1. The summed E-state index contributed by atoms with van der Waals surface area (Å²) in [4.78, 5) is 26.5. The summed E-state index contributed by atoms with van der Waals surface area (Å²) in [6.45, 7) is 0.0349. The second-order valence-corrected chi connectivity index (χ2v) is 8.85. The lowest BCUT2D eigenvalue weighted by atomic mass is 10.2. The molecule has 0 spiro atoms. The van der Waals surface area contributed by atoms with Gasteiger partial charge in [-0.15, -0.1) is 0 Å². The summed E-state index contributed by atoms with van der Waals surface area (Å²) in [5, 5.41) is 2.42. The number of anilines is 1. The maximum atomic E-state index is 12.8. The summed E-state index contributed by atoms with van der Waals surface area (Å²) in [5.41, 5.74) is 0.0201. The molecule has 3 rings (SSSR count). The SMILES string of the molecule is O=C(CCN1C(=O)/C(=C/c2ccc(Br)cc2)SC1=S)Nc1cccc(C(F)(F)F)c1. The Morgan fingerprint density at radius 1 is 1.20 bits per heavy atom. The molecule has 0 aliphatic carbocycles. The predicted molar refractivity (Wildman–Crippen MR) is 119 cm³/mol. The molecular weight excluding hydrogens is 501 g/mol. The number of hydrogen-bond donors (Lipinski definition) is 1. The molecule has 30 heavy (non-hydrogen) atoms. The molecule has 1 aliphatic heterocycles. The monoisotopic (exact) mass is 514 g/mol. The quantitative estimate of drug-likeness (QED) is 0.410. The summed E-state index contributed by atoms with van der Waals surface area (Å²) in [6.07, 6.45) is -2.88. The summed E-state index contributed by atoms with van der Waals surface area (Å²) >= 11 is 9.72. The van der Waals surface area contributed by atoms with Crippen LogP contribution >= 0.6 is 39.9 Å². The van der Waals surface area contributed by atoms with Crippen molar-refractivity contribution in [2.75, 3.05) is 11.9 Å². The van der Waals surface area contributed by atoms with Gasteiger partial charge in [-0.25, -0.2) is 0 Å². The lowest BCUT2D eigenvalue weighted by Gasteiger charge is -2.14. The summed E-state index contributed by atoms with van der Waals surface area (Å²) < 4.78 is 39.6. The zero-order valence-electron chi connectivity index (χ0n) is 15.2. The maximum Gasteiger partial charge on any atom is 0.416 e. The number of carbonyl (C=O) groups excluding carboxylic acids is 2. The highest BCUT2D eigenvalue weighted by Gasteiger charge is 2.32. The average Bonchev–Trinajstić information content (AvgIpc) is 2.94. The van der Waals surface area contributed by atoms with E-state index in [1.54, 1.807) is 6.08 Å². The van der Waals surface area contributed by atoms with Crippen molar-refractivity contribution in [3.8, 4) is 0 Å². The van der Waals surface area contributed by atoms with Crippen LogP contribution in [0.2, 0.25) is 0 Å². The smallest absolute Gasteiger partial charge is 0.326 e. The van der Waals surface area contributed by atoms with E-state index in [1.807, 2.05) is 24.3 Å². The first-order valence-electron chi connectivity index (χ1n) is 8.61. The van der Waals surface area contributed by atoms with Crippen molar-refractivity contribution < 1.29 is 22.8 Å². The number of thioether (sulfide) groups is 1. The molecule has 1 N–H and O–H groups in total. The molecule has 1 heterocycles. The van der Waals surface area contributed by atoms with Gasteiger partial charge in [0, 0.05) is 23.1 Å².